The maximum absolute atomic E-state index is 13.4. The van der Waals surface area contributed by atoms with Crippen LogP contribution < -0.4 is 10.9 Å². The van der Waals surface area contributed by atoms with Gasteiger partial charge in [0.1, 0.15) is 10.8 Å². The summed E-state index contributed by atoms with van der Waals surface area (Å²) in [6, 6.07) is 8.36. The first-order valence-corrected chi connectivity index (χ1v) is 10.9. The van der Waals surface area contributed by atoms with Crippen LogP contribution in [0.2, 0.25) is 0 Å². The Morgan fingerprint density at radius 2 is 1.74 bits per heavy atom. The van der Waals surface area contributed by atoms with Gasteiger partial charge >= 0.3 is 12.1 Å². The molecule has 7 nitrogen and oxygen atoms in total. The summed E-state index contributed by atoms with van der Waals surface area (Å²) < 4.78 is 57.7. The molecule has 2 aromatic heterocycles. The number of hydrogen-bond donors (Lipinski definition) is 1. The lowest BCUT2D eigenvalue weighted by Gasteiger charge is -2.10. The topological polar surface area (TPSA) is 90.3 Å². The van der Waals surface area contributed by atoms with Gasteiger partial charge in [-0.2, -0.15) is 23.0 Å². The van der Waals surface area contributed by atoms with Crippen molar-refractivity contribution in [2.45, 2.75) is 13.1 Å². The van der Waals surface area contributed by atoms with E-state index in [2.05, 4.69) is 10.4 Å². The number of aromatic nitrogens is 2. The fourth-order valence-electron chi connectivity index (χ4n) is 3.24. The lowest BCUT2D eigenvalue weighted by atomic mass is 10.1. The fraction of sp³-hybridized carbons (Fsp3) is 0.130. The van der Waals surface area contributed by atoms with Crippen LogP contribution in [-0.2, 0) is 10.9 Å². The maximum Gasteiger partial charge on any atom is 0.416 e. The molecule has 0 spiro atoms. The molecule has 0 radical (unpaired) electrons. The Morgan fingerprint density at radius 3 is 2.34 bits per heavy atom. The number of ether oxygens (including phenoxy) is 1. The highest BCUT2D eigenvalue weighted by Crippen LogP contribution is 2.32. The number of thiophene rings is 1. The van der Waals surface area contributed by atoms with E-state index < -0.39 is 35.0 Å². The Labute approximate surface area is 198 Å². The first-order valence-electron chi connectivity index (χ1n) is 10.1. The van der Waals surface area contributed by atoms with Crippen LogP contribution in [0, 0.1) is 5.82 Å². The average molecular weight is 505 g/mol. The summed E-state index contributed by atoms with van der Waals surface area (Å²) in [6.07, 6.45) is -4.55. The molecule has 2 aromatic carbocycles. The van der Waals surface area contributed by atoms with Gasteiger partial charge in [0.15, 0.2) is 5.69 Å². The van der Waals surface area contributed by atoms with E-state index in [4.69, 9.17) is 4.74 Å². The van der Waals surface area contributed by atoms with Crippen LogP contribution in [0.5, 0.6) is 0 Å². The number of nitrogens with one attached hydrogen (secondary N) is 1. The second kappa shape index (κ2) is 9.29. The molecular weight excluding hydrogens is 490 g/mol. The van der Waals surface area contributed by atoms with Gasteiger partial charge in [-0.15, -0.1) is 11.3 Å². The quantitative estimate of drug-likeness (QED) is 0.303. The van der Waals surface area contributed by atoms with E-state index in [1.165, 1.54) is 17.5 Å². The number of hydrogen-bond acceptors (Lipinski definition) is 6. The molecule has 35 heavy (non-hydrogen) atoms. The van der Waals surface area contributed by atoms with Crippen LogP contribution in [0.1, 0.15) is 33.3 Å². The van der Waals surface area contributed by atoms with Gasteiger partial charge in [-0.05, 0) is 55.5 Å². The normalized spacial score (nSPS) is 11.5. The molecule has 2 heterocycles. The molecule has 0 aliphatic carbocycles. The minimum absolute atomic E-state index is 0.0410. The summed E-state index contributed by atoms with van der Waals surface area (Å²) in [4.78, 5) is 38.5. The van der Waals surface area contributed by atoms with Crippen LogP contribution in [0.25, 0.3) is 16.5 Å². The Balaban J connectivity index is 1.80. The molecule has 180 valence electrons. The summed E-state index contributed by atoms with van der Waals surface area (Å²) >= 11 is 0.930. The highest BCUT2D eigenvalue weighted by atomic mass is 32.1. The third-order valence-electron chi connectivity index (χ3n) is 4.89. The van der Waals surface area contributed by atoms with E-state index in [-0.39, 0.29) is 39.3 Å². The van der Waals surface area contributed by atoms with Gasteiger partial charge in [0.2, 0.25) is 0 Å². The Kier molecular flexibility index (Phi) is 6.39. The Bertz CT molecular complexity index is 1480. The van der Waals surface area contributed by atoms with Crippen molar-refractivity contribution in [3.05, 3.63) is 86.9 Å². The molecule has 0 saturated heterocycles. The van der Waals surface area contributed by atoms with E-state index in [1.54, 1.807) is 6.92 Å². The van der Waals surface area contributed by atoms with Crippen molar-refractivity contribution in [1.82, 2.24) is 9.78 Å². The number of anilines is 1. The number of alkyl halides is 3. The molecule has 0 fully saturated rings. The summed E-state index contributed by atoms with van der Waals surface area (Å²) in [5.74, 6) is -2.12. The number of rotatable bonds is 5. The molecule has 12 heteroatoms. The predicted octanol–water partition coefficient (Wildman–Crippen LogP) is 5.03. The van der Waals surface area contributed by atoms with Gasteiger partial charge in [-0.3, -0.25) is 9.59 Å². The Morgan fingerprint density at radius 1 is 1.09 bits per heavy atom. The van der Waals surface area contributed by atoms with Gasteiger partial charge in [0, 0.05) is 16.3 Å². The first kappa shape index (κ1) is 24.1. The van der Waals surface area contributed by atoms with Crippen LogP contribution in [-0.4, -0.2) is 28.3 Å². The zero-order valence-corrected chi connectivity index (χ0v) is 18.7. The van der Waals surface area contributed by atoms with Crippen LogP contribution >= 0.6 is 11.3 Å². The number of nitrogens with zero attached hydrogens (tertiary/aromatic N) is 2. The monoisotopic (exact) mass is 505 g/mol. The zero-order chi connectivity index (χ0) is 25.3. The average Bonchev–Trinajstić information content (AvgIpc) is 3.24. The number of esters is 1. The summed E-state index contributed by atoms with van der Waals surface area (Å²) in [5.41, 5.74) is -1.73. The van der Waals surface area contributed by atoms with Crippen LogP contribution in [0.4, 0.5) is 22.6 Å². The van der Waals surface area contributed by atoms with Crippen molar-refractivity contribution in [3.63, 3.8) is 0 Å². The van der Waals surface area contributed by atoms with Gasteiger partial charge in [0.05, 0.1) is 23.2 Å². The van der Waals surface area contributed by atoms with E-state index in [0.29, 0.717) is 0 Å². The number of carbonyl (C=O) groups excluding carboxylic acids is 2. The lowest BCUT2D eigenvalue weighted by molar-refractivity contribution is -0.137. The van der Waals surface area contributed by atoms with Crippen molar-refractivity contribution in [3.8, 4) is 5.69 Å². The van der Waals surface area contributed by atoms with Crippen molar-refractivity contribution < 1.29 is 31.9 Å². The minimum atomic E-state index is -4.55. The molecule has 4 aromatic rings. The number of fused-ring (bicyclic) bond motifs is 1. The van der Waals surface area contributed by atoms with E-state index in [1.807, 2.05) is 0 Å². The molecule has 0 bridgehead atoms. The highest BCUT2D eigenvalue weighted by molar-refractivity contribution is 7.16. The fourth-order valence-corrected chi connectivity index (χ4v) is 4.17. The van der Waals surface area contributed by atoms with Crippen molar-refractivity contribution in [2.24, 2.45) is 0 Å². The second-order valence-corrected chi connectivity index (χ2v) is 8.02. The van der Waals surface area contributed by atoms with Crippen molar-refractivity contribution in [1.29, 1.82) is 0 Å². The second-order valence-electron chi connectivity index (χ2n) is 7.15. The van der Waals surface area contributed by atoms with Gasteiger partial charge in [-0.25, -0.2) is 9.18 Å². The molecule has 0 aliphatic heterocycles. The van der Waals surface area contributed by atoms with Crippen LogP contribution in [0.15, 0.2) is 58.7 Å². The molecule has 4 rings (SSSR count). The third kappa shape index (κ3) is 4.78. The molecule has 0 atom stereocenters. The first-order chi connectivity index (χ1) is 16.6. The van der Waals surface area contributed by atoms with Crippen LogP contribution in [0.3, 0.4) is 0 Å². The van der Waals surface area contributed by atoms with Gasteiger partial charge in [-0.1, -0.05) is 0 Å². The van der Waals surface area contributed by atoms with E-state index >= 15 is 0 Å². The van der Waals surface area contributed by atoms with Gasteiger partial charge < -0.3 is 10.1 Å². The molecule has 0 saturated carbocycles. The number of halogens is 4. The van der Waals surface area contributed by atoms with E-state index in [9.17, 15) is 31.9 Å². The predicted molar refractivity (Wildman–Crippen MR) is 121 cm³/mol. The lowest BCUT2D eigenvalue weighted by Crippen LogP contribution is -2.25. The third-order valence-corrected chi connectivity index (χ3v) is 5.79. The standard InChI is InChI=1S/C23H15F4N3O4S/c1-2-34-22(33)18-16-11-35-20(28-19(31)12-3-5-13(6-4-12)23(25,26)27)17(16)21(32)30(29-18)15-9-7-14(24)8-10-15/h3-11H,2H2,1H3,(H,28,31). The van der Waals surface area contributed by atoms with E-state index in [0.717, 1.165) is 52.4 Å². The maximum atomic E-state index is 13.4. The zero-order valence-electron chi connectivity index (χ0n) is 17.9. The molecule has 1 amide bonds. The minimum Gasteiger partial charge on any atom is -0.461 e. The highest BCUT2D eigenvalue weighted by Gasteiger charge is 2.30. The summed E-state index contributed by atoms with van der Waals surface area (Å²) in [5, 5.41) is 8.17. The number of benzene rings is 2. The summed E-state index contributed by atoms with van der Waals surface area (Å²) in [7, 11) is 0. The smallest absolute Gasteiger partial charge is 0.416 e. The SMILES string of the molecule is CCOC(=O)c1nn(-c2ccc(F)cc2)c(=O)c2c(NC(=O)c3ccc(C(F)(F)F)cc3)scc12. The molecule has 0 unspecified atom stereocenters. The molecular formula is C23H15F4N3O4S. The molecule has 0 aliphatic rings. The van der Waals surface area contributed by atoms with Gasteiger partial charge in [0.25, 0.3) is 11.5 Å². The van der Waals surface area contributed by atoms with Crippen molar-refractivity contribution >= 4 is 39.0 Å². The van der Waals surface area contributed by atoms with Crippen molar-refractivity contribution in [2.75, 3.05) is 11.9 Å². The largest absolute Gasteiger partial charge is 0.461 e. The summed E-state index contributed by atoms with van der Waals surface area (Å²) in [6.45, 7) is 1.63. The number of amides is 1. The number of carbonyl (C=O) groups is 2. The Hall–Kier alpha value is -4.06. The molecule has 1 N–H and O–H groups in total.